The van der Waals surface area contributed by atoms with Crippen LogP contribution in [0.1, 0.15) is 25.7 Å². The zero-order valence-electron chi connectivity index (χ0n) is 12.9. The molecule has 0 spiro atoms. The van der Waals surface area contributed by atoms with Crippen LogP contribution in [0.15, 0.2) is 34.3 Å². The van der Waals surface area contributed by atoms with Gasteiger partial charge in [-0.3, -0.25) is 4.21 Å². The van der Waals surface area contributed by atoms with E-state index in [2.05, 4.69) is 14.9 Å². The lowest BCUT2D eigenvalue weighted by molar-refractivity contribution is 0.538. The van der Waals surface area contributed by atoms with E-state index in [0.717, 1.165) is 0 Å². The van der Waals surface area contributed by atoms with E-state index in [0.29, 0.717) is 22.5 Å². The van der Waals surface area contributed by atoms with E-state index in [-0.39, 0.29) is 4.90 Å². The molecule has 10 heteroatoms. The third-order valence-corrected chi connectivity index (χ3v) is 5.79. The summed E-state index contributed by atoms with van der Waals surface area (Å²) in [4.78, 5) is 0.107. The van der Waals surface area contributed by atoms with Gasteiger partial charge in [-0.15, -0.1) is 10.2 Å². The van der Waals surface area contributed by atoms with Crippen molar-refractivity contribution in [3.05, 3.63) is 35.1 Å². The Labute approximate surface area is 142 Å². The molecule has 2 atom stereocenters. The number of aromatic nitrogens is 3. The molecule has 0 saturated heterocycles. The number of nitrogens with one attached hydrogen (secondary N) is 1. The van der Waals surface area contributed by atoms with E-state index in [1.54, 1.807) is 11.5 Å². The molecule has 126 valence electrons. The number of nitrogens with zero attached hydrogens (tertiary/aromatic N) is 3. The van der Waals surface area contributed by atoms with Crippen molar-refractivity contribution < 1.29 is 12.6 Å². The van der Waals surface area contributed by atoms with Crippen LogP contribution < -0.4 is 4.72 Å². The van der Waals surface area contributed by atoms with Crippen LogP contribution in [0, 0.1) is 0 Å². The summed E-state index contributed by atoms with van der Waals surface area (Å²) in [6.45, 7) is 4.00. The molecule has 0 aliphatic carbocycles. The third kappa shape index (κ3) is 3.97. The molecular weight excluding hydrogens is 360 g/mol. The van der Waals surface area contributed by atoms with Gasteiger partial charge in [0.15, 0.2) is 5.82 Å². The van der Waals surface area contributed by atoms with E-state index in [1.807, 2.05) is 6.92 Å². The standard InChI is InChI=1S/C13H17ClN4O3S2/c1-4-18-12(15-16-13(18)22(3)19)9(2)17-23(20,21)11-7-5-10(14)6-8-11/h5-9,17H,4H2,1-3H3/t9-,22?/m0/s1. The molecule has 1 unspecified atom stereocenters. The van der Waals surface area contributed by atoms with Gasteiger partial charge in [0.25, 0.3) is 0 Å². The average Bonchev–Trinajstić information content (AvgIpc) is 2.91. The van der Waals surface area contributed by atoms with Crippen LogP contribution in [0.3, 0.4) is 0 Å². The lowest BCUT2D eigenvalue weighted by Gasteiger charge is -2.15. The first-order valence-electron chi connectivity index (χ1n) is 6.80. The van der Waals surface area contributed by atoms with Crippen molar-refractivity contribution in [2.75, 3.05) is 6.26 Å². The first-order chi connectivity index (χ1) is 10.8. The molecule has 0 aliphatic rings. The topological polar surface area (TPSA) is 93.9 Å². The van der Waals surface area contributed by atoms with Crippen LogP contribution in [-0.4, -0.2) is 33.6 Å². The minimum atomic E-state index is -3.73. The molecule has 0 amide bonds. The molecule has 1 aromatic carbocycles. The zero-order valence-corrected chi connectivity index (χ0v) is 15.2. The van der Waals surface area contributed by atoms with E-state index in [9.17, 15) is 12.6 Å². The molecule has 2 aromatic rings. The molecule has 1 aromatic heterocycles. The zero-order chi connectivity index (χ0) is 17.2. The fraction of sp³-hybridized carbons (Fsp3) is 0.385. The van der Waals surface area contributed by atoms with Crippen molar-refractivity contribution in [2.24, 2.45) is 0 Å². The monoisotopic (exact) mass is 376 g/mol. The minimum absolute atomic E-state index is 0.107. The minimum Gasteiger partial charge on any atom is -0.303 e. The Hall–Kier alpha value is -1.29. The van der Waals surface area contributed by atoms with Crippen molar-refractivity contribution in [3.8, 4) is 0 Å². The predicted octanol–water partition coefficient (Wildman–Crippen LogP) is 1.73. The van der Waals surface area contributed by atoms with Gasteiger partial charge in [-0.1, -0.05) is 11.6 Å². The van der Waals surface area contributed by atoms with Crippen LogP contribution in [0.4, 0.5) is 0 Å². The first-order valence-corrected chi connectivity index (χ1v) is 10.2. The van der Waals surface area contributed by atoms with Gasteiger partial charge in [0.1, 0.15) is 0 Å². The van der Waals surface area contributed by atoms with Gasteiger partial charge in [-0.25, -0.2) is 13.1 Å². The summed E-state index contributed by atoms with van der Waals surface area (Å²) < 4.78 is 40.6. The van der Waals surface area contributed by atoms with Crippen molar-refractivity contribution in [1.29, 1.82) is 0 Å². The molecule has 2 rings (SSSR count). The van der Waals surface area contributed by atoms with E-state index >= 15 is 0 Å². The Morgan fingerprint density at radius 3 is 2.43 bits per heavy atom. The van der Waals surface area contributed by atoms with Crippen LogP contribution >= 0.6 is 11.6 Å². The summed E-state index contributed by atoms with van der Waals surface area (Å²) in [5.74, 6) is 0.412. The number of rotatable bonds is 6. The van der Waals surface area contributed by atoms with Crippen molar-refractivity contribution in [3.63, 3.8) is 0 Å². The fourth-order valence-corrected chi connectivity index (χ4v) is 4.11. The largest absolute Gasteiger partial charge is 0.303 e. The second-order valence-electron chi connectivity index (χ2n) is 4.84. The maximum atomic E-state index is 12.4. The highest BCUT2D eigenvalue weighted by molar-refractivity contribution is 7.89. The van der Waals surface area contributed by atoms with Crippen LogP contribution in [0.2, 0.25) is 5.02 Å². The molecule has 1 heterocycles. The Morgan fingerprint density at radius 2 is 1.91 bits per heavy atom. The molecule has 7 nitrogen and oxygen atoms in total. The summed E-state index contributed by atoms with van der Waals surface area (Å²) in [7, 11) is -5.03. The molecule has 0 bridgehead atoms. The van der Waals surface area contributed by atoms with Crippen molar-refractivity contribution >= 4 is 32.4 Å². The lowest BCUT2D eigenvalue weighted by atomic mass is 10.3. The van der Waals surface area contributed by atoms with E-state index < -0.39 is 26.9 Å². The normalized spacial score (nSPS) is 14.6. The predicted molar refractivity (Wildman–Crippen MR) is 88.2 cm³/mol. The third-order valence-electron chi connectivity index (χ3n) is 3.16. The summed E-state index contributed by atoms with van der Waals surface area (Å²) >= 11 is 5.77. The Morgan fingerprint density at radius 1 is 1.30 bits per heavy atom. The summed E-state index contributed by atoms with van der Waals surface area (Å²) in [6, 6.07) is 5.24. The van der Waals surface area contributed by atoms with Gasteiger partial charge < -0.3 is 4.57 Å². The number of halogens is 1. The van der Waals surface area contributed by atoms with Crippen molar-refractivity contribution in [1.82, 2.24) is 19.5 Å². The Balaban J connectivity index is 2.30. The fourth-order valence-electron chi connectivity index (χ4n) is 2.10. The van der Waals surface area contributed by atoms with Gasteiger partial charge in [-0.05, 0) is 38.1 Å². The Bertz CT molecular complexity index is 818. The van der Waals surface area contributed by atoms with Gasteiger partial charge in [-0.2, -0.15) is 0 Å². The second-order valence-corrected chi connectivity index (χ2v) is 8.26. The highest BCUT2D eigenvalue weighted by Crippen LogP contribution is 2.19. The van der Waals surface area contributed by atoms with Crippen molar-refractivity contribution in [2.45, 2.75) is 36.5 Å². The van der Waals surface area contributed by atoms with E-state index in [1.165, 1.54) is 30.5 Å². The van der Waals surface area contributed by atoms with Gasteiger partial charge in [0.2, 0.25) is 15.2 Å². The number of hydrogen-bond donors (Lipinski definition) is 1. The smallest absolute Gasteiger partial charge is 0.241 e. The lowest BCUT2D eigenvalue weighted by Crippen LogP contribution is -2.29. The van der Waals surface area contributed by atoms with Crippen LogP contribution in [0.25, 0.3) is 0 Å². The summed E-state index contributed by atoms with van der Waals surface area (Å²) in [5, 5.41) is 8.63. The molecule has 1 N–H and O–H groups in total. The highest BCUT2D eigenvalue weighted by atomic mass is 35.5. The highest BCUT2D eigenvalue weighted by Gasteiger charge is 2.24. The quantitative estimate of drug-likeness (QED) is 0.828. The SMILES string of the molecule is CCn1c([C@H](C)NS(=O)(=O)c2ccc(Cl)cc2)nnc1S(C)=O. The van der Waals surface area contributed by atoms with E-state index in [4.69, 9.17) is 11.6 Å². The molecule has 0 saturated carbocycles. The summed E-state index contributed by atoms with van der Waals surface area (Å²) in [5.41, 5.74) is 0. The van der Waals surface area contributed by atoms with Crippen LogP contribution in [0.5, 0.6) is 0 Å². The molecular formula is C13H17ClN4O3S2. The second kappa shape index (κ2) is 7.08. The van der Waals surface area contributed by atoms with Gasteiger partial charge in [0.05, 0.1) is 21.7 Å². The maximum Gasteiger partial charge on any atom is 0.241 e. The van der Waals surface area contributed by atoms with Gasteiger partial charge >= 0.3 is 0 Å². The Kier molecular flexibility index (Phi) is 5.56. The molecule has 0 radical (unpaired) electrons. The molecule has 0 fully saturated rings. The van der Waals surface area contributed by atoms with Gasteiger partial charge in [0, 0.05) is 17.8 Å². The average molecular weight is 377 g/mol. The molecule has 0 aliphatic heterocycles. The number of hydrogen-bond acceptors (Lipinski definition) is 5. The number of benzene rings is 1. The van der Waals surface area contributed by atoms with Crippen LogP contribution in [-0.2, 0) is 27.4 Å². The maximum absolute atomic E-state index is 12.4. The first kappa shape index (κ1) is 18.1. The molecule has 23 heavy (non-hydrogen) atoms. The number of sulfonamides is 1. The summed E-state index contributed by atoms with van der Waals surface area (Å²) in [6.07, 6.45) is 1.50.